The van der Waals surface area contributed by atoms with Crippen LogP contribution in [0.3, 0.4) is 0 Å². The van der Waals surface area contributed by atoms with E-state index in [1.54, 1.807) is 13.2 Å². The normalized spacial score (nSPS) is 10.4. The van der Waals surface area contributed by atoms with Crippen molar-refractivity contribution in [2.24, 2.45) is 0 Å². The molecule has 0 amide bonds. The maximum atomic E-state index is 5.65. The molecule has 0 aliphatic rings. The van der Waals surface area contributed by atoms with Gasteiger partial charge in [-0.25, -0.2) is 4.98 Å². The van der Waals surface area contributed by atoms with Gasteiger partial charge in [0.25, 0.3) is 0 Å². The Hall–Kier alpha value is -0.840. The molecule has 1 aromatic heterocycles. The highest BCUT2D eigenvalue weighted by atomic mass is 79.9. The van der Waals surface area contributed by atoms with Crippen molar-refractivity contribution in [3.63, 3.8) is 0 Å². The van der Waals surface area contributed by atoms with Crippen molar-refractivity contribution < 1.29 is 4.74 Å². The Morgan fingerprint density at radius 1 is 1.22 bits per heavy atom. The summed E-state index contributed by atoms with van der Waals surface area (Å²) < 4.78 is 6.45. The number of anilines is 1. The first-order valence-corrected chi connectivity index (χ1v) is 7.40. The molecule has 1 aromatic rings. The van der Waals surface area contributed by atoms with Crippen LogP contribution in [0.4, 0.5) is 5.95 Å². The fourth-order valence-corrected chi connectivity index (χ4v) is 1.93. The number of hydrogen-bond acceptors (Lipinski definition) is 4. The van der Waals surface area contributed by atoms with Crippen LogP contribution < -0.4 is 10.1 Å². The third-order valence-electron chi connectivity index (χ3n) is 2.67. The number of ether oxygens (including phenoxy) is 1. The molecule has 0 aliphatic heterocycles. The summed E-state index contributed by atoms with van der Waals surface area (Å²) in [5.41, 5.74) is 0. The molecule has 18 heavy (non-hydrogen) atoms. The van der Waals surface area contributed by atoms with E-state index in [2.05, 4.69) is 38.1 Å². The van der Waals surface area contributed by atoms with Gasteiger partial charge in [0.15, 0.2) is 0 Å². The van der Waals surface area contributed by atoms with Crippen molar-refractivity contribution >= 4 is 21.9 Å². The second kappa shape index (κ2) is 9.14. The minimum Gasteiger partial charge on any atom is -0.477 e. The largest absolute Gasteiger partial charge is 0.477 e. The Morgan fingerprint density at radius 2 is 1.94 bits per heavy atom. The Bertz CT molecular complexity index is 347. The second-order valence-electron chi connectivity index (χ2n) is 4.21. The lowest BCUT2D eigenvalue weighted by molar-refractivity contribution is 0.291. The van der Waals surface area contributed by atoms with Crippen LogP contribution in [0, 0.1) is 0 Å². The standard InChI is InChI=1S/C13H22BrN3O/c1-3-4-5-6-7-8-9-18-12-11(14)10-16-13(15-2)17-12/h10H,3-9H2,1-2H3,(H,15,16,17). The van der Waals surface area contributed by atoms with Crippen molar-refractivity contribution in [1.29, 1.82) is 0 Å². The number of nitrogens with one attached hydrogen (secondary N) is 1. The molecule has 0 aliphatic carbocycles. The Kier molecular flexibility index (Phi) is 7.73. The van der Waals surface area contributed by atoms with Crippen molar-refractivity contribution in [3.05, 3.63) is 10.7 Å². The average Bonchev–Trinajstić information content (AvgIpc) is 2.39. The molecule has 5 heteroatoms. The zero-order valence-corrected chi connectivity index (χ0v) is 12.8. The SMILES string of the molecule is CCCCCCCCOc1nc(NC)ncc1Br. The monoisotopic (exact) mass is 315 g/mol. The van der Waals surface area contributed by atoms with Gasteiger partial charge in [-0.15, -0.1) is 0 Å². The van der Waals surface area contributed by atoms with E-state index in [0.717, 1.165) is 10.9 Å². The summed E-state index contributed by atoms with van der Waals surface area (Å²) in [5, 5.41) is 2.90. The highest BCUT2D eigenvalue weighted by Gasteiger charge is 2.04. The van der Waals surface area contributed by atoms with Crippen LogP contribution in [-0.4, -0.2) is 23.6 Å². The van der Waals surface area contributed by atoms with Gasteiger partial charge in [0.1, 0.15) is 0 Å². The Morgan fingerprint density at radius 3 is 2.67 bits per heavy atom. The topological polar surface area (TPSA) is 47.0 Å². The molecule has 0 saturated heterocycles. The first-order valence-electron chi connectivity index (χ1n) is 6.61. The zero-order chi connectivity index (χ0) is 13.2. The van der Waals surface area contributed by atoms with E-state index in [4.69, 9.17) is 4.74 Å². The highest BCUT2D eigenvalue weighted by Crippen LogP contribution is 2.22. The molecular weight excluding hydrogens is 294 g/mol. The maximum absolute atomic E-state index is 5.65. The van der Waals surface area contributed by atoms with E-state index < -0.39 is 0 Å². The molecule has 0 unspecified atom stereocenters. The quantitative estimate of drug-likeness (QED) is 0.699. The van der Waals surface area contributed by atoms with Crippen molar-refractivity contribution in [1.82, 2.24) is 9.97 Å². The molecule has 1 rings (SSSR count). The number of rotatable bonds is 9. The number of aromatic nitrogens is 2. The zero-order valence-electron chi connectivity index (χ0n) is 11.2. The predicted octanol–water partition coefficient (Wildman–Crippen LogP) is 4.02. The smallest absolute Gasteiger partial charge is 0.232 e. The van der Waals surface area contributed by atoms with Crippen LogP contribution in [-0.2, 0) is 0 Å². The fourth-order valence-electron chi connectivity index (χ4n) is 1.62. The molecule has 4 nitrogen and oxygen atoms in total. The van der Waals surface area contributed by atoms with E-state index in [1.165, 1.54) is 32.1 Å². The van der Waals surface area contributed by atoms with E-state index in [9.17, 15) is 0 Å². The third-order valence-corrected chi connectivity index (χ3v) is 3.22. The summed E-state index contributed by atoms with van der Waals surface area (Å²) in [5.74, 6) is 1.19. The number of unbranched alkanes of at least 4 members (excludes halogenated alkanes) is 5. The van der Waals surface area contributed by atoms with Gasteiger partial charge in [-0.2, -0.15) is 4.98 Å². The molecule has 0 saturated carbocycles. The van der Waals surface area contributed by atoms with Gasteiger partial charge in [0.2, 0.25) is 11.8 Å². The summed E-state index contributed by atoms with van der Waals surface area (Å²) in [4.78, 5) is 8.33. The molecule has 0 fully saturated rings. The van der Waals surface area contributed by atoms with E-state index in [-0.39, 0.29) is 0 Å². The van der Waals surface area contributed by atoms with Crippen molar-refractivity contribution in [3.8, 4) is 5.88 Å². The van der Waals surface area contributed by atoms with Gasteiger partial charge in [-0.05, 0) is 22.4 Å². The first-order chi connectivity index (χ1) is 8.77. The number of halogens is 1. The van der Waals surface area contributed by atoms with Crippen LogP contribution in [0.15, 0.2) is 10.7 Å². The molecule has 0 atom stereocenters. The summed E-state index contributed by atoms with van der Waals surface area (Å²) in [7, 11) is 1.79. The minimum absolute atomic E-state index is 0.580. The molecule has 1 N–H and O–H groups in total. The average molecular weight is 316 g/mol. The molecule has 0 bridgehead atoms. The van der Waals surface area contributed by atoms with E-state index in [1.807, 2.05) is 0 Å². The second-order valence-corrected chi connectivity index (χ2v) is 5.07. The lowest BCUT2D eigenvalue weighted by Gasteiger charge is -2.08. The molecule has 1 heterocycles. The molecule has 0 spiro atoms. The predicted molar refractivity (Wildman–Crippen MR) is 78.1 cm³/mol. The summed E-state index contributed by atoms with van der Waals surface area (Å²) in [6.45, 7) is 2.94. The fraction of sp³-hybridized carbons (Fsp3) is 0.692. The summed E-state index contributed by atoms with van der Waals surface area (Å²) in [6.07, 6.45) is 9.26. The number of nitrogens with zero attached hydrogens (tertiary/aromatic N) is 2. The van der Waals surface area contributed by atoms with E-state index in [0.29, 0.717) is 18.4 Å². The first kappa shape index (κ1) is 15.2. The van der Waals surface area contributed by atoms with Crippen molar-refractivity contribution in [2.75, 3.05) is 19.0 Å². The number of hydrogen-bond donors (Lipinski definition) is 1. The van der Waals surface area contributed by atoms with Crippen LogP contribution in [0.25, 0.3) is 0 Å². The molecule has 0 aromatic carbocycles. The molecular formula is C13H22BrN3O. The summed E-state index contributed by atoms with van der Waals surface area (Å²) in [6, 6.07) is 0. The summed E-state index contributed by atoms with van der Waals surface area (Å²) >= 11 is 3.39. The Balaban J connectivity index is 2.22. The lowest BCUT2D eigenvalue weighted by Crippen LogP contribution is -2.03. The maximum Gasteiger partial charge on any atom is 0.232 e. The molecule has 0 radical (unpaired) electrons. The van der Waals surface area contributed by atoms with Gasteiger partial charge in [0, 0.05) is 7.05 Å². The van der Waals surface area contributed by atoms with Gasteiger partial charge >= 0.3 is 0 Å². The Labute approximate surface area is 118 Å². The van der Waals surface area contributed by atoms with E-state index >= 15 is 0 Å². The van der Waals surface area contributed by atoms with Crippen molar-refractivity contribution in [2.45, 2.75) is 45.4 Å². The van der Waals surface area contributed by atoms with Gasteiger partial charge in [-0.3, -0.25) is 0 Å². The van der Waals surface area contributed by atoms with Crippen LogP contribution in [0.5, 0.6) is 5.88 Å². The van der Waals surface area contributed by atoms with Gasteiger partial charge < -0.3 is 10.1 Å². The van der Waals surface area contributed by atoms with Crippen LogP contribution in [0.1, 0.15) is 45.4 Å². The van der Waals surface area contributed by atoms with Gasteiger partial charge in [0.05, 0.1) is 17.3 Å². The van der Waals surface area contributed by atoms with Crippen LogP contribution in [0.2, 0.25) is 0 Å². The third kappa shape index (κ3) is 5.67. The van der Waals surface area contributed by atoms with Gasteiger partial charge in [-0.1, -0.05) is 39.0 Å². The highest BCUT2D eigenvalue weighted by molar-refractivity contribution is 9.10. The lowest BCUT2D eigenvalue weighted by atomic mass is 10.1. The molecule has 102 valence electrons. The van der Waals surface area contributed by atoms with Crippen LogP contribution >= 0.6 is 15.9 Å². The minimum atomic E-state index is 0.580.